The number of aromatic amines is 3. The number of hydrogen-bond acceptors (Lipinski definition) is 17. The molecule has 518 valence electrons. The van der Waals surface area contributed by atoms with Gasteiger partial charge in [-0.15, -0.1) is 0 Å². The second-order valence-corrected chi connectivity index (χ2v) is 25.4. The van der Waals surface area contributed by atoms with E-state index in [0.717, 1.165) is 24.6 Å². The summed E-state index contributed by atoms with van der Waals surface area (Å²) in [5.41, 5.74) is 8.19. The highest BCUT2D eigenvalue weighted by molar-refractivity contribution is 5.92. The Labute approximate surface area is 543 Å². The fourth-order valence-electron chi connectivity index (χ4n) is 12.7. The zero-order valence-corrected chi connectivity index (χ0v) is 51.9. The van der Waals surface area contributed by atoms with E-state index >= 15 is 0 Å². The van der Waals surface area contributed by atoms with Crippen molar-refractivity contribution in [2.75, 3.05) is 60.6 Å². The summed E-state index contributed by atoms with van der Waals surface area (Å²) in [7, 11) is 0. The van der Waals surface area contributed by atoms with E-state index in [-0.39, 0.29) is 79.4 Å². The minimum Gasteiger partial charge on any atom is -0.386 e. The molecular formula is C63H94F10N18O2. The Morgan fingerprint density at radius 3 is 1.18 bits per heavy atom. The Balaban J connectivity index is 0.00000144. The van der Waals surface area contributed by atoms with Gasteiger partial charge in [0, 0.05) is 106 Å². The van der Waals surface area contributed by atoms with Gasteiger partial charge in [0.15, 0.2) is 16.9 Å². The van der Waals surface area contributed by atoms with Crippen LogP contribution in [0.3, 0.4) is 0 Å². The van der Waals surface area contributed by atoms with Gasteiger partial charge in [-0.1, -0.05) is 41.5 Å². The monoisotopic (exact) mass is 1320 g/mol. The van der Waals surface area contributed by atoms with Crippen LogP contribution in [-0.2, 0) is 18.5 Å². The van der Waals surface area contributed by atoms with Crippen LogP contribution in [0.1, 0.15) is 105 Å². The van der Waals surface area contributed by atoms with Crippen LogP contribution in [0, 0.1) is 17.8 Å². The van der Waals surface area contributed by atoms with Crippen molar-refractivity contribution in [2.24, 2.45) is 29.2 Å². The van der Waals surface area contributed by atoms with Crippen LogP contribution in [0.25, 0.3) is 67.3 Å². The molecule has 20 nitrogen and oxygen atoms in total. The minimum absolute atomic E-state index is 0. The van der Waals surface area contributed by atoms with Crippen LogP contribution >= 0.6 is 0 Å². The van der Waals surface area contributed by atoms with E-state index in [4.69, 9.17) is 11.5 Å². The Kier molecular flexibility index (Phi) is 19.7. The molecule has 0 amide bonds. The summed E-state index contributed by atoms with van der Waals surface area (Å²) < 4.78 is 137. The van der Waals surface area contributed by atoms with Crippen LogP contribution in [0.4, 0.5) is 61.4 Å². The molecule has 10 N–H and O–H groups in total. The molecule has 9 aromatic rings. The van der Waals surface area contributed by atoms with Crippen molar-refractivity contribution in [3.05, 3.63) is 108 Å². The average Bonchev–Trinajstić information content (AvgIpc) is 1.73. The van der Waals surface area contributed by atoms with Gasteiger partial charge < -0.3 is 41.7 Å². The first kappa shape index (κ1) is 67.7. The second kappa shape index (κ2) is 27.0. The minimum atomic E-state index is -4.59. The largest absolute Gasteiger partial charge is 0.418 e. The number of nitrogens with zero attached hydrogens (tertiary/aromatic N) is 12. The summed E-state index contributed by atoms with van der Waals surface area (Å²) in [6, 6.07) is 15.8. The number of nitrogens with two attached hydrogens (primary N) is 2. The van der Waals surface area contributed by atoms with E-state index < -0.39 is 71.2 Å². The number of hydrogen-bond donors (Lipinski definition) is 8. The molecule has 0 aromatic carbocycles. The van der Waals surface area contributed by atoms with Crippen molar-refractivity contribution < 1.29 is 68.4 Å². The third-order valence-corrected chi connectivity index (χ3v) is 16.8. The third-order valence-electron chi connectivity index (χ3n) is 16.8. The number of aromatic nitrogens is 12. The van der Waals surface area contributed by atoms with Gasteiger partial charge in [-0.2, -0.15) is 54.8 Å². The van der Waals surface area contributed by atoms with Crippen LogP contribution < -0.4 is 31.5 Å². The van der Waals surface area contributed by atoms with Crippen LogP contribution in [0.15, 0.2) is 91.4 Å². The van der Waals surface area contributed by atoms with Gasteiger partial charge in [-0.05, 0) is 123 Å². The summed E-state index contributed by atoms with van der Waals surface area (Å²) >= 11 is 0. The molecule has 3 fully saturated rings. The first-order valence-corrected chi connectivity index (χ1v) is 30.6. The summed E-state index contributed by atoms with van der Waals surface area (Å²) in [5.74, 6) is 1.92. The summed E-state index contributed by atoms with van der Waals surface area (Å²) in [4.78, 5) is 30.8. The SMILES string of the molecule is CC(C)CC1CN(c2ccc(C(F)(F)F)c(-c3[nH]nc4ncccc34)n2)CC(CF)N1.CC(C)C[C@@]1(O)CN(c2ccc(C(F)(F)F)c(-c3[nH]nc4ncccc34)n2)CC[C@H]1N.CC(C)C[C@]1(O)CN(c2ccc(C(F)(F)F)c(-c3[nH]nc4ncccc34)n2)CC[C@@H]1N.[HH].[HH].[HH].[HH].[HH].[HH].[HH].[HH].[HH].[HH]. The molecule has 0 saturated carbocycles. The molecule has 3 aliphatic rings. The van der Waals surface area contributed by atoms with Crippen molar-refractivity contribution in [1.29, 1.82) is 0 Å². The number of anilines is 3. The molecule has 3 saturated heterocycles. The van der Waals surface area contributed by atoms with Crippen molar-refractivity contribution in [3.63, 3.8) is 0 Å². The average molecular weight is 1330 g/mol. The molecular weight excluding hydrogens is 1230 g/mol. The van der Waals surface area contributed by atoms with E-state index in [2.05, 4.69) is 79.7 Å². The molecule has 0 bridgehead atoms. The normalized spacial score (nSPS) is 21.6. The highest BCUT2D eigenvalue weighted by Gasteiger charge is 2.45. The molecule has 93 heavy (non-hydrogen) atoms. The molecule has 6 atom stereocenters. The number of piperazine rings is 1. The van der Waals surface area contributed by atoms with Crippen molar-refractivity contribution >= 4 is 50.6 Å². The lowest BCUT2D eigenvalue weighted by molar-refractivity contribution is -0.138. The van der Waals surface area contributed by atoms with Crippen molar-refractivity contribution in [2.45, 2.75) is 128 Å². The molecule has 12 heterocycles. The number of fused-ring (bicyclic) bond motifs is 3. The molecule has 0 radical (unpaired) electrons. The first-order chi connectivity index (χ1) is 43.9. The van der Waals surface area contributed by atoms with E-state index in [1.165, 1.54) is 36.8 Å². The van der Waals surface area contributed by atoms with Gasteiger partial charge in [-0.25, -0.2) is 34.3 Å². The van der Waals surface area contributed by atoms with E-state index in [1.54, 1.807) is 46.2 Å². The van der Waals surface area contributed by atoms with Crippen LogP contribution in [0.2, 0.25) is 0 Å². The predicted octanol–water partition coefficient (Wildman–Crippen LogP) is 13.4. The van der Waals surface area contributed by atoms with Crippen LogP contribution in [-0.4, -0.2) is 152 Å². The molecule has 9 aromatic heterocycles. The van der Waals surface area contributed by atoms with Crippen LogP contribution in [0.5, 0.6) is 0 Å². The summed E-state index contributed by atoms with van der Waals surface area (Å²) in [5, 5.41) is 46.9. The fraction of sp³-hybridized carbons (Fsp3) is 0.476. The number of piperidine rings is 2. The lowest BCUT2D eigenvalue weighted by Gasteiger charge is -2.45. The number of halogens is 10. The van der Waals surface area contributed by atoms with E-state index in [0.29, 0.717) is 108 Å². The van der Waals surface area contributed by atoms with E-state index in [9.17, 15) is 54.1 Å². The summed E-state index contributed by atoms with van der Waals surface area (Å²) in [6.07, 6.45) is -6.37. The number of rotatable bonds is 13. The molecule has 0 aliphatic carbocycles. The van der Waals surface area contributed by atoms with Gasteiger partial charge >= 0.3 is 18.5 Å². The zero-order chi connectivity index (χ0) is 67.0. The highest BCUT2D eigenvalue weighted by atomic mass is 19.4. The Bertz CT molecular complexity index is 3710. The molecule has 0 spiro atoms. The maximum atomic E-state index is 13.8. The lowest BCUT2D eigenvalue weighted by atomic mass is 9.81. The number of nitrogens with one attached hydrogen (secondary N) is 4. The maximum absolute atomic E-state index is 13.8. The highest BCUT2D eigenvalue weighted by Crippen LogP contribution is 2.43. The van der Waals surface area contributed by atoms with Gasteiger partial charge in [0.25, 0.3) is 0 Å². The van der Waals surface area contributed by atoms with Gasteiger partial charge in [0.2, 0.25) is 0 Å². The molecule has 2 unspecified atom stereocenters. The number of aliphatic hydroxyl groups is 2. The third kappa shape index (κ3) is 15.1. The number of H-pyrrole nitrogens is 3. The standard InChI is InChI=1S/C21H24F4N6.2C21H25F3N6O.10H2/c1-12(2)8-13-10-31(11-14(9-22)27-13)17-6-5-16(21(23,24)25)19(28-17)18-15-4-3-7-26-20(15)30-29-18;2*1-12(2)10-20(31)11-30(9-7-15(20)25)16-6-5-14(21(22,23)24)18(27-16)17-13-4-3-8-26-19(13)29-28-17;;;;;;;;;;/h3-7,12-14,27H,8-11H2,1-2H3,(H,26,29,30);2*3-6,8,12,15,31H,7,9-11,25H2,1-2H3,(H,26,28,29);10*1H/t;2*15-,20-;;;;;;;;;;/m.10........../s1. The fourth-order valence-corrected chi connectivity index (χ4v) is 12.7. The molecule has 30 heteroatoms. The number of β-amino-alcohol motifs (C(OH)–C–C–N with tert-alkyl or cyclic N) is 2. The predicted molar refractivity (Wildman–Crippen MR) is 354 cm³/mol. The van der Waals surface area contributed by atoms with Crippen molar-refractivity contribution in [3.8, 4) is 34.2 Å². The Hall–Kier alpha value is -8.19. The first-order valence-electron chi connectivity index (χ1n) is 30.6. The van der Waals surface area contributed by atoms with Crippen molar-refractivity contribution in [1.82, 2.24) is 65.8 Å². The Morgan fingerprint density at radius 1 is 0.516 bits per heavy atom. The lowest BCUT2D eigenvalue weighted by Crippen LogP contribution is -2.61. The second-order valence-electron chi connectivity index (χ2n) is 25.4. The number of pyridine rings is 6. The molecule has 12 rings (SSSR count). The van der Waals surface area contributed by atoms with Gasteiger partial charge in [0.05, 0.1) is 51.0 Å². The summed E-state index contributed by atoms with van der Waals surface area (Å²) in [6.45, 7) is 13.8. The number of alkyl halides is 10. The zero-order valence-electron chi connectivity index (χ0n) is 51.9. The van der Waals surface area contributed by atoms with Gasteiger partial charge in [-0.3, -0.25) is 15.3 Å². The smallest absolute Gasteiger partial charge is 0.386 e. The quantitative estimate of drug-likeness (QED) is 0.0498. The maximum Gasteiger partial charge on any atom is 0.418 e. The molecule has 3 aliphatic heterocycles. The van der Waals surface area contributed by atoms with Gasteiger partial charge in [0.1, 0.15) is 41.2 Å². The topological polar surface area (TPSA) is 278 Å². The Morgan fingerprint density at radius 2 is 0.860 bits per heavy atom. The van der Waals surface area contributed by atoms with E-state index in [1.807, 2.05) is 32.6 Å².